The van der Waals surface area contributed by atoms with Gasteiger partial charge in [-0.1, -0.05) is 0 Å². The molecule has 0 aromatic heterocycles. The Balaban J connectivity index is 1.94. The van der Waals surface area contributed by atoms with E-state index in [9.17, 15) is 9.59 Å². The van der Waals surface area contributed by atoms with Gasteiger partial charge in [0.25, 0.3) is 0 Å². The summed E-state index contributed by atoms with van der Waals surface area (Å²) >= 11 is 0. The molecule has 0 aromatic carbocycles. The van der Waals surface area contributed by atoms with Gasteiger partial charge >= 0.3 is 0 Å². The lowest BCUT2D eigenvalue weighted by molar-refractivity contribution is -0.147. The van der Waals surface area contributed by atoms with Crippen LogP contribution >= 0.6 is 0 Å². The van der Waals surface area contributed by atoms with Crippen molar-refractivity contribution >= 4 is 11.6 Å². The lowest BCUT2D eigenvalue weighted by Gasteiger charge is -2.22. The van der Waals surface area contributed by atoms with Crippen LogP contribution in [0, 0.1) is 5.92 Å². The van der Waals surface area contributed by atoms with Crippen LogP contribution < -0.4 is 0 Å². The van der Waals surface area contributed by atoms with Crippen LogP contribution in [-0.2, 0) is 19.1 Å². The molecule has 2 rings (SSSR count). The molecule has 1 saturated heterocycles. The Morgan fingerprint density at radius 3 is 2.38 bits per heavy atom. The first-order chi connectivity index (χ1) is 7.48. The summed E-state index contributed by atoms with van der Waals surface area (Å²) in [5.41, 5.74) is 0. The zero-order chi connectivity index (χ0) is 11.8. The summed E-state index contributed by atoms with van der Waals surface area (Å²) in [7, 11) is 0. The predicted molar refractivity (Wildman–Crippen MR) is 56.9 cm³/mol. The number of carbonyl (C=O) groups is 2. The Kier molecular flexibility index (Phi) is 3.13. The number of rotatable bonds is 2. The van der Waals surface area contributed by atoms with E-state index in [0.29, 0.717) is 32.3 Å². The normalized spacial score (nSPS) is 31.0. The van der Waals surface area contributed by atoms with Crippen molar-refractivity contribution in [3.05, 3.63) is 0 Å². The van der Waals surface area contributed by atoms with E-state index in [1.54, 1.807) is 0 Å². The molecule has 4 heteroatoms. The summed E-state index contributed by atoms with van der Waals surface area (Å²) < 4.78 is 11.0. The molecule has 0 aromatic rings. The van der Waals surface area contributed by atoms with Crippen molar-refractivity contribution in [3.8, 4) is 0 Å². The highest BCUT2D eigenvalue weighted by Crippen LogP contribution is 2.29. The quantitative estimate of drug-likeness (QED) is 0.669. The van der Waals surface area contributed by atoms with Crippen molar-refractivity contribution in [1.82, 2.24) is 0 Å². The number of carbonyl (C=O) groups excluding carboxylic acids is 2. The van der Waals surface area contributed by atoms with Crippen LogP contribution in [-0.4, -0.2) is 30.1 Å². The maximum atomic E-state index is 11.6. The van der Waals surface area contributed by atoms with Gasteiger partial charge < -0.3 is 9.47 Å². The van der Waals surface area contributed by atoms with E-state index >= 15 is 0 Å². The second-order valence-electron chi connectivity index (χ2n) is 5.03. The molecular weight excluding hydrogens is 208 g/mol. The maximum Gasteiger partial charge on any atom is 0.163 e. The van der Waals surface area contributed by atoms with Gasteiger partial charge in [-0.05, 0) is 26.7 Å². The van der Waals surface area contributed by atoms with E-state index in [1.165, 1.54) is 0 Å². The Morgan fingerprint density at radius 2 is 1.88 bits per heavy atom. The van der Waals surface area contributed by atoms with Crippen molar-refractivity contribution < 1.29 is 19.1 Å². The monoisotopic (exact) mass is 226 g/mol. The molecule has 90 valence electrons. The minimum atomic E-state index is -0.578. The zero-order valence-electron chi connectivity index (χ0n) is 9.82. The van der Waals surface area contributed by atoms with Crippen molar-refractivity contribution in [2.24, 2.45) is 5.92 Å². The second kappa shape index (κ2) is 4.26. The summed E-state index contributed by atoms with van der Waals surface area (Å²) in [5, 5.41) is 0. The number of Topliss-reactive ketones (excluding diaryl/α,β-unsaturated/α-hetero) is 2. The summed E-state index contributed by atoms with van der Waals surface area (Å²) in [6, 6.07) is 0. The molecule has 0 spiro atoms. The molecule has 1 heterocycles. The van der Waals surface area contributed by atoms with Crippen LogP contribution in [0.4, 0.5) is 0 Å². The van der Waals surface area contributed by atoms with Gasteiger partial charge in [-0.3, -0.25) is 9.59 Å². The number of ketones is 2. The van der Waals surface area contributed by atoms with Gasteiger partial charge in [-0.2, -0.15) is 0 Å². The van der Waals surface area contributed by atoms with Crippen LogP contribution in [0.2, 0.25) is 0 Å². The second-order valence-corrected chi connectivity index (χ2v) is 5.03. The average molecular weight is 226 g/mol. The van der Waals surface area contributed by atoms with Crippen molar-refractivity contribution in [2.45, 2.75) is 51.4 Å². The number of ether oxygens (including phenoxy) is 2. The molecule has 1 aliphatic heterocycles. The minimum Gasteiger partial charge on any atom is -0.348 e. The SMILES string of the molecule is CC1(C)OC[C@H](CC2C(=O)CCCC2=O)O1. The molecule has 1 saturated carbocycles. The molecule has 1 atom stereocenters. The van der Waals surface area contributed by atoms with E-state index < -0.39 is 11.7 Å². The van der Waals surface area contributed by atoms with Gasteiger partial charge in [0.05, 0.1) is 18.6 Å². The third kappa shape index (κ3) is 2.50. The first-order valence-corrected chi connectivity index (χ1v) is 5.85. The van der Waals surface area contributed by atoms with E-state index in [2.05, 4.69) is 0 Å². The predicted octanol–water partition coefficient (Wildman–Crippen LogP) is 1.47. The third-order valence-electron chi connectivity index (χ3n) is 3.19. The third-order valence-corrected chi connectivity index (χ3v) is 3.19. The van der Waals surface area contributed by atoms with E-state index in [-0.39, 0.29) is 17.7 Å². The highest BCUT2D eigenvalue weighted by atomic mass is 16.7. The molecule has 2 fully saturated rings. The smallest absolute Gasteiger partial charge is 0.163 e. The van der Waals surface area contributed by atoms with Gasteiger partial charge in [0.1, 0.15) is 11.6 Å². The average Bonchev–Trinajstić information content (AvgIpc) is 2.52. The summed E-state index contributed by atoms with van der Waals surface area (Å²) in [6.45, 7) is 4.17. The molecule has 0 amide bonds. The Labute approximate surface area is 95.3 Å². The van der Waals surface area contributed by atoms with Crippen molar-refractivity contribution in [3.63, 3.8) is 0 Å². The number of hydrogen-bond donors (Lipinski definition) is 0. The summed E-state index contributed by atoms with van der Waals surface area (Å²) in [4.78, 5) is 23.3. The Bertz CT molecular complexity index is 292. The molecule has 16 heavy (non-hydrogen) atoms. The van der Waals surface area contributed by atoms with Crippen LogP contribution in [0.25, 0.3) is 0 Å². The minimum absolute atomic E-state index is 0.0737. The fourth-order valence-electron chi connectivity index (χ4n) is 2.37. The lowest BCUT2D eigenvalue weighted by Crippen LogP contribution is -2.33. The highest BCUT2D eigenvalue weighted by Gasteiger charge is 2.38. The van der Waals surface area contributed by atoms with Gasteiger partial charge in [-0.25, -0.2) is 0 Å². The van der Waals surface area contributed by atoms with Crippen LogP contribution in [0.5, 0.6) is 0 Å². The molecule has 4 nitrogen and oxygen atoms in total. The first kappa shape index (κ1) is 11.7. The van der Waals surface area contributed by atoms with Crippen molar-refractivity contribution in [2.75, 3.05) is 6.61 Å². The summed E-state index contributed by atoms with van der Waals surface area (Å²) in [6.07, 6.45) is 2.15. The first-order valence-electron chi connectivity index (χ1n) is 5.85. The zero-order valence-corrected chi connectivity index (χ0v) is 9.82. The molecule has 1 aliphatic carbocycles. The molecule has 0 bridgehead atoms. The van der Waals surface area contributed by atoms with E-state index in [0.717, 1.165) is 0 Å². The Hall–Kier alpha value is -0.740. The molecule has 0 N–H and O–H groups in total. The van der Waals surface area contributed by atoms with Gasteiger partial charge in [0, 0.05) is 12.8 Å². The fourth-order valence-corrected chi connectivity index (χ4v) is 2.37. The van der Waals surface area contributed by atoms with Crippen LogP contribution in [0.3, 0.4) is 0 Å². The van der Waals surface area contributed by atoms with Gasteiger partial charge in [0.15, 0.2) is 5.79 Å². The van der Waals surface area contributed by atoms with Crippen LogP contribution in [0.1, 0.15) is 39.5 Å². The Morgan fingerprint density at radius 1 is 1.25 bits per heavy atom. The van der Waals surface area contributed by atoms with E-state index in [1.807, 2.05) is 13.8 Å². The molecule has 2 aliphatic rings. The largest absolute Gasteiger partial charge is 0.348 e. The molecule has 0 radical (unpaired) electrons. The van der Waals surface area contributed by atoms with Gasteiger partial charge in [-0.15, -0.1) is 0 Å². The molecular formula is C12H18O4. The molecule has 0 unspecified atom stereocenters. The standard InChI is InChI=1S/C12H18O4/c1-12(2)15-7-8(16-12)6-9-10(13)4-3-5-11(9)14/h8-9H,3-7H2,1-2H3/t8-/m0/s1. The summed E-state index contributed by atoms with van der Waals surface area (Å²) in [5.74, 6) is -0.879. The van der Waals surface area contributed by atoms with Crippen molar-refractivity contribution in [1.29, 1.82) is 0 Å². The fraction of sp³-hybridized carbons (Fsp3) is 0.833. The van der Waals surface area contributed by atoms with E-state index in [4.69, 9.17) is 9.47 Å². The lowest BCUT2D eigenvalue weighted by atomic mass is 9.83. The number of hydrogen-bond acceptors (Lipinski definition) is 4. The topological polar surface area (TPSA) is 52.6 Å². The highest BCUT2D eigenvalue weighted by molar-refractivity contribution is 6.04. The van der Waals surface area contributed by atoms with Crippen LogP contribution in [0.15, 0.2) is 0 Å². The maximum absolute atomic E-state index is 11.6. The van der Waals surface area contributed by atoms with Gasteiger partial charge in [0.2, 0.25) is 0 Å².